The van der Waals surface area contributed by atoms with Gasteiger partial charge in [0.1, 0.15) is 0 Å². The van der Waals surface area contributed by atoms with Gasteiger partial charge in [0.2, 0.25) is 0 Å². The molecule has 4 heteroatoms. The number of halogens is 2. The molecule has 0 N–H and O–H groups in total. The summed E-state index contributed by atoms with van der Waals surface area (Å²) >= 11 is 13.6. The van der Waals surface area contributed by atoms with Gasteiger partial charge in [0.05, 0.1) is 21.7 Å². The Kier molecular flexibility index (Phi) is 5.15. The van der Waals surface area contributed by atoms with Gasteiger partial charge < -0.3 is 0 Å². The number of rotatable bonds is 4. The third kappa shape index (κ3) is 4.18. The second-order valence-electron chi connectivity index (χ2n) is 4.05. The highest BCUT2D eigenvalue weighted by Crippen LogP contribution is 2.25. The summed E-state index contributed by atoms with van der Waals surface area (Å²) in [6.07, 6.45) is 0. The molecular formula is C15H11Cl2NS. The molecule has 0 aromatic heterocycles. The molecule has 19 heavy (non-hydrogen) atoms. The van der Waals surface area contributed by atoms with Crippen LogP contribution in [0.2, 0.25) is 10.0 Å². The van der Waals surface area contributed by atoms with Gasteiger partial charge in [0.15, 0.2) is 0 Å². The van der Waals surface area contributed by atoms with Gasteiger partial charge in [-0.05, 0) is 35.4 Å². The van der Waals surface area contributed by atoms with E-state index in [1.54, 1.807) is 11.8 Å². The standard InChI is InChI=1S/C15H11Cl2NS/c16-14-6-5-13(7-15(14)17)10-19-9-12-3-1-11(8-18)2-4-12/h1-7H,9-10H2. The van der Waals surface area contributed by atoms with Crippen LogP contribution in [-0.2, 0) is 11.5 Å². The van der Waals surface area contributed by atoms with E-state index < -0.39 is 0 Å². The second-order valence-corrected chi connectivity index (χ2v) is 5.85. The number of benzene rings is 2. The fraction of sp³-hybridized carbons (Fsp3) is 0.133. The van der Waals surface area contributed by atoms with Crippen LogP contribution in [0.4, 0.5) is 0 Å². The molecule has 0 fully saturated rings. The molecule has 0 bridgehead atoms. The van der Waals surface area contributed by atoms with Crippen LogP contribution in [0.5, 0.6) is 0 Å². The molecule has 0 aliphatic heterocycles. The molecule has 0 spiro atoms. The average molecular weight is 308 g/mol. The molecule has 0 atom stereocenters. The largest absolute Gasteiger partial charge is 0.192 e. The van der Waals surface area contributed by atoms with Gasteiger partial charge in [-0.25, -0.2) is 0 Å². The van der Waals surface area contributed by atoms with E-state index in [2.05, 4.69) is 6.07 Å². The Balaban J connectivity index is 1.89. The Morgan fingerprint density at radius 2 is 1.53 bits per heavy atom. The highest BCUT2D eigenvalue weighted by atomic mass is 35.5. The van der Waals surface area contributed by atoms with Crippen molar-refractivity contribution in [2.75, 3.05) is 0 Å². The van der Waals surface area contributed by atoms with Crippen molar-refractivity contribution in [1.82, 2.24) is 0 Å². The maximum atomic E-state index is 8.72. The van der Waals surface area contributed by atoms with Gasteiger partial charge in [-0.3, -0.25) is 0 Å². The van der Waals surface area contributed by atoms with Gasteiger partial charge in [-0.2, -0.15) is 17.0 Å². The van der Waals surface area contributed by atoms with Crippen LogP contribution >= 0.6 is 35.0 Å². The van der Waals surface area contributed by atoms with Crippen LogP contribution in [0, 0.1) is 11.3 Å². The van der Waals surface area contributed by atoms with Crippen molar-refractivity contribution in [2.45, 2.75) is 11.5 Å². The first-order chi connectivity index (χ1) is 9.19. The van der Waals surface area contributed by atoms with Crippen LogP contribution in [0.3, 0.4) is 0 Å². The molecule has 96 valence electrons. The molecule has 0 heterocycles. The Morgan fingerprint density at radius 3 is 2.16 bits per heavy atom. The van der Waals surface area contributed by atoms with Gasteiger partial charge in [0.25, 0.3) is 0 Å². The first-order valence-corrected chi connectivity index (χ1v) is 7.61. The summed E-state index contributed by atoms with van der Waals surface area (Å²) < 4.78 is 0. The molecular weight excluding hydrogens is 297 g/mol. The van der Waals surface area contributed by atoms with E-state index in [1.165, 1.54) is 5.56 Å². The summed E-state index contributed by atoms with van der Waals surface area (Å²) in [6, 6.07) is 15.5. The molecule has 0 radical (unpaired) electrons. The second kappa shape index (κ2) is 6.86. The zero-order valence-corrected chi connectivity index (χ0v) is 12.4. The minimum Gasteiger partial charge on any atom is -0.192 e. The van der Waals surface area contributed by atoms with Crippen LogP contribution in [0.25, 0.3) is 0 Å². The lowest BCUT2D eigenvalue weighted by Crippen LogP contribution is -1.85. The monoisotopic (exact) mass is 307 g/mol. The molecule has 1 nitrogen and oxygen atoms in total. The van der Waals surface area contributed by atoms with E-state index in [9.17, 15) is 0 Å². The molecule has 0 amide bonds. The lowest BCUT2D eigenvalue weighted by atomic mass is 10.2. The van der Waals surface area contributed by atoms with E-state index in [-0.39, 0.29) is 0 Å². The Hall–Kier alpha value is -1.14. The minimum absolute atomic E-state index is 0.586. The average Bonchev–Trinajstić information content (AvgIpc) is 2.43. The predicted molar refractivity (Wildman–Crippen MR) is 82.6 cm³/mol. The highest BCUT2D eigenvalue weighted by molar-refractivity contribution is 7.97. The maximum absolute atomic E-state index is 8.72. The molecule has 0 aliphatic rings. The molecule has 0 unspecified atom stereocenters. The van der Waals surface area contributed by atoms with Gasteiger partial charge in [-0.1, -0.05) is 41.4 Å². The smallest absolute Gasteiger partial charge is 0.0991 e. The molecule has 0 aliphatic carbocycles. The highest BCUT2D eigenvalue weighted by Gasteiger charge is 2.00. The fourth-order valence-corrected chi connectivity index (χ4v) is 2.86. The van der Waals surface area contributed by atoms with Gasteiger partial charge in [-0.15, -0.1) is 0 Å². The predicted octanol–water partition coefficient (Wildman–Crippen LogP) is 5.30. The number of hydrogen-bond donors (Lipinski definition) is 0. The van der Waals surface area contributed by atoms with E-state index in [4.69, 9.17) is 28.5 Å². The zero-order valence-electron chi connectivity index (χ0n) is 10.1. The molecule has 2 aromatic rings. The third-order valence-corrected chi connectivity index (χ3v) is 4.42. The number of hydrogen-bond acceptors (Lipinski definition) is 2. The van der Waals surface area contributed by atoms with Crippen molar-refractivity contribution in [3.8, 4) is 6.07 Å². The van der Waals surface area contributed by atoms with E-state index >= 15 is 0 Å². The van der Waals surface area contributed by atoms with Crippen molar-refractivity contribution < 1.29 is 0 Å². The van der Waals surface area contributed by atoms with Gasteiger partial charge in [0, 0.05) is 11.5 Å². The van der Waals surface area contributed by atoms with Gasteiger partial charge >= 0.3 is 0 Å². The summed E-state index contributed by atoms with van der Waals surface area (Å²) in [7, 11) is 0. The van der Waals surface area contributed by atoms with E-state index in [0.29, 0.717) is 15.6 Å². The quantitative estimate of drug-likeness (QED) is 0.765. The Morgan fingerprint density at radius 1 is 0.895 bits per heavy atom. The SMILES string of the molecule is N#Cc1ccc(CSCc2ccc(Cl)c(Cl)c2)cc1. The summed E-state index contributed by atoms with van der Waals surface area (Å²) in [5, 5.41) is 9.90. The number of nitriles is 1. The number of nitrogens with zero attached hydrogens (tertiary/aromatic N) is 1. The lowest BCUT2D eigenvalue weighted by Gasteiger charge is -2.04. The van der Waals surface area contributed by atoms with Crippen LogP contribution < -0.4 is 0 Å². The topological polar surface area (TPSA) is 23.8 Å². The molecule has 0 saturated carbocycles. The summed E-state index contributed by atoms with van der Waals surface area (Å²) in [5.74, 6) is 1.79. The van der Waals surface area contributed by atoms with Crippen LogP contribution in [0.1, 0.15) is 16.7 Å². The molecule has 0 saturated heterocycles. The van der Waals surface area contributed by atoms with Crippen LogP contribution in [-0.4, -0.2) is 0 Å². The van der Waals surface area contributed by atoms with Crippen molar-refractivity contribution in [3.63, 3.8) is 0 Å². The zero-order chi connectivity index (χ0) is 13.7. The first-order valence-electron chi connectivity index (χ1n) is 5.70. The van der Waals surface area contributed by atoms with Crippen molar-refractivity contribution in [1.29, 1.82) is 5.26 Å². The molecule has 2 aromatic carbocycles. The van der Waals surface area contributed by atoms with E-state index in [1.807, 2.05) is 42.5 Å². The summed E-state index contributed by atoms with van der Waals surface area (Å²) in [6.45, 7) is 0. The fourth-order valence-electron chi connectivity index (χ4n) is 1.59. The van der Waals surface area contributed by atoms with Crippen molar-refractivity contribution in [3.05, 3.63) is 69.2 Å². The summed E-state index contributed by atoms with van der Waals surface area (Å²) in [4.78, 5) is 0. The first kappa shape index (κ1) is 14.3. The van der Waals surface area contributed by atoms with Crippen molar-refractivity contribution >= 4 is 35.0 Å². The van der Waals surface area contributed by atoms with Crippen molar-refractivity contribution in [2.24, 2.45) is 0 Å². The lowest BCUT2D eigenvalue weighted by molar-refractivity contribution is 1.36. The Bertz CT molecular complexity index is 603. The maximum Gasteiger partial charge on any atom is 0.0991 e. The summed E-state index contributed by atoms with van der Waals surface area (Å²) in [5.41, 5.74) is 3.07. The third-order valence-electron chi connectivity index (χ3n) is 2.60. The van der Waals surface area contributed by atoms with Crippen LogP contribution in [0.15, 0.2) is 42.5 Å². The Labute approximate surface area is 127 Å². The number of thioether (sulfide) groups is 1. The van der Waals surface area contributed by atoms with E-state index in [0.717, 1.165) is 17.1 Å². The minimum atomic E-state index is 0.586. The normalized spacial score (nSPS) is 10.2. The molecule has 2 rings (SSSR count).